The van der Waals surface area contributed by atoms with Crippen LogP contribution in [-0.2, 0) is 0 Å². The van der Waals surface area contributed by atoms with Crippen molar-refractivity contribution in [2.45, 2.75) is 25.8 Å². The normalized spacial score (nSPS) is 12.8. The number of aromatic amines is 1. The number of nitrogens with one attached hydrogen (secondary N) is 1. The average Bonchev–Trinajstić information content (AvgIpc) is 2.51. The van der Waals surface area contributed by atoms with Crippen molar-refractivity contribution in [3.63, 3.8) is 0 Å². The Balaban J connectivity index is 2.39. The van der Waals surface area contributed by atoms with Crippen LogP contribution in [0.1, 0.15) is 31.6 Å². The number of aromatic nitrogens is 2. The second kappa shape index (κ2) is 4.07. The summed E-state index contributed by atoms with van der Waals surface area (Å²) in [6.07, 6.45) is 5.37. The second-order valence-corrected chi connectivity index (χ2v) is 3.08. The van der Waals surface area contributed by atoms with Crippen LogP contribution in [0.5, 0.6) is 0 Å². The first-order valence-corrected chi connectivity index (χ1v) is 4.09. The van der Waals surface area contributed by atoms with E-state index in [1.165, 1.54) is 0 Å². The lowest BCUT2D eigenvalue weighted by Gasteiger charge is -2.07. The zero-order chi connectivity index (χ0) is 8.97. The number of H-pyrrole nitrogens is 1. The summed E-state index contributed by atoms with van der Waals surface area (Å²) in [4.78, 5) is 7.08. The first-order chi connectivity index (χ1) is 5.70. The Morgan fingerprint density at radius 1 is 1.83 bits per heavy atom. The predicted molar refractivity (Wildman–Crippen MR) is 49.6 cm³/mol. The monoisotopic (exact) mass is 165 g/mol. The van der Waals surface area contributed by atoms with Crippen molar-refractivity contribution in [2.24, 2.45) is 5.73 Å². The summed E-state index contributed by atoms with van der Waals surface area (Å²) in [6.45, 7) is 5.83. The van der Waals surface area contributed by atoms with E-state index < -0.39 is 0 Å². The van der Waals surface area contributed by atoms with Gasteiger partial charge in [0.15, 0.2) is 0 Å². The van der Waals surface area contributed by atoms with Crippen molar-refractivity contribution in [3.05, 3.63) is 30.4 Å². The minimum atomic E-state index is 0.0108. The first-order valence-electron chi connectivity index (χ1n) is 4.09. The number of hydrogen-bond acceptors (Lipinski definition) is 2. The van der Waals surface area contributed by atoms with Crippen LogP contribution in [0.2, 0.25) is 0 Å². The number of allylic oxidation sites excluding steroid dienone is 1. The van der Waals surface area contributed by atoms with Crippen molar-refractivity contribution < 1.29 is 0 Å². The molecule has 12 heavy (non-hydrogen) atoms. The Bertz CT molecular complexity index is 238. The highest BCUT2D eigenvalue weighted by atomic mass is 14.9. The van der Waals surface area contributed by atoms with Gasteiger partial charge in [-0.2, -0.15) is 0 Å². The van der Waals surface area contributed by atoms with Gasteiger partial charge in [0.2, 0.25) is 0 Å². The van der Waals surface area contributed by atoms with Crippen molar-refractivity contribution in [2.75, 3.05) is 0 Å². The predicted octanol–water partition coefficient (Wildman–Crippen LogP) is 1.77. The first kappa shape index (κ1) is 9.00. The van der Waals surface area contributed by atoms with Gasteiger partial charge < -0.3 is 10.7 Å². The van der Waals surface area contributed by atoms with E-state index in [1.807, 2.05) is 6.92 Å². The molecule has 1 heterocycles. The second-order valence-electron chi connectivity index (χ2n) is 3.08. The zero-order valence-electron chi connectivity index (χ0n) is 7.38. The summed E-state index contributed by atoms with van der Waals surface area (Å²) in [5.74, 6) is 0.858. The maximum Gasteiger partial charge on any atom is 0.123 e. The molecule has 1 unspecified atom stereocenters. The minimum absolute atomic E-state index is 0.0108. The number of rotatable bonds is 4. The number of nitrogens with two attached hydrogens (primary N) is 1. The fraction of sp³-hybridized carbons (Fsp3) is 0.444. The highest BCUT2D eigenvalue weighted by Crippen LogP contribution is 2.13. The third kappa shape index (κ3) is 2.51. The quantitative estimate of drug-likeness (QED) is 0.668. The molecule has 0 aromatic carbocycles. The molecule has 0 aliphatic heterocycles. The van der Waals surface area contributed by atoms with Crippen LogP contribution in [0.25, 0.3) is 0 Å². The zero-order valence-corrected chi connectivity index (χ0v) is 7.38. The third-order valence-corrected chi connectivity index (χ3v) is 1.75. The van der Waals surface area contributed by atoms with E-state index in [-0.39, 0.29) is 6.04 Å². The Kier molecular flexibility index (Phi) is 3.05. The van der Waals surface area contributed by atoms with Gasteiger partial charge in [-0.3, -0.25) is 0 Å². The van der Waals surface area contributed by atoms with Crippen LogP contribution < -0.4 is 5.73 Å². The van der Waals surface area contributed by atoms with E-state index in [0.717, 1.165) is 24.2 Å². The van der Waals surface area contributed by atoms with Gasteiger partial charge in [-0.15, -0.1) is 6.58 Å². The largest absolute Gasteiger partial charge is 0.347 e. The lowest BCUT2D eigenvalue weighted by molar-refractivity contribution is 0.617. The molecule has 0 spiro atoms. The molecule has 0 aliphatic rings. The molecule has 0 aliphatic carbocycles. The lowest BCUT2D eigenvalue weighted by Crippen LogP contribution is -2.11. The van der Waals surface area contributed by atoms with Crippen LogP contribution in [0.4, 0.5) is 0 Å². The summed E-state index contributed by atoms with van der Waals surface area (Å²) in [5.41, 5.74) is 7.02. The average molecular weight is 165 g/mol. The summed E-state index contributed by atoms with van der Waals surface area (Å²) < 4.78 is 0. The summed E-state index contributed by atoms with van der Waals surface area (Å²) in [5, 5.41) is 0. The van der Waals surface area contributed by atoms with Gasteiger partial charge in [-0.25, -0.2) is 4.98 Å². The van der Waals surface area contributed by atoms with Gasteiger partial charge in [0.1, 0.15) is 5.82 Å². The molecule has 1 aromatic heterocycles. The summed E-state index contributed by atoms with van der Waals surface area (Å²) in [6, 6.07) is 0.0108. The SMILES string of the molecule is C=C(C)CCC(N)c1ncc[nH]1. The fourth-order valence-electron chi connectivity index (χ4n) is 1.02. The number of imidazole rings is 1. The fourth-order valence-corrected chi connectivity index (χ4v) is 1.02. The Morgan fingerprint density at radius 2 is 2.58 bits per heavy atom. The van der Waals surface area contributed by atoms with Gasteiger partial charge in [-0.05, 0) is 19.8 Å². The molecule has 3 heteroatoms. The van der Waals surface area contributed by atoms with Crippen LogP contribution in [0.15, 0.2) is 24.5 Å². The van der Waals surface area contributed by atoms with Gasteiger partial charge in [0, 0.05) is 12.4 Å². The van der Waals surface area contributed by atoms with Crippen molar-refractivity contribution in [3.8, 4) is 0 Å². The van der Waals surface area contributed by atoms with E-state index in [4.69, 9.17) is 5.73 Å². The Hall–Kier alpha value is -1.09. The standard InChI is InChI=1S/C9H15N3/c1-7(2)3-4-8(10)9-11-5-6-12-9/h5-6,8H,1,3-4,10H2,2H3,(H,11,12). The molecule has 66 valence electrons. The van der Waals surface area contributed by atoms with Gasteiger partial charge in [-0.1, -0.05) is 5.57 Å². The molecule has 0 amide bonds. The Labute approximate surface area is 72.7 Å². The molecule has 1 atom stereocenters. The highest BCUT2D eigenvalue weighted by Gasteiger charge is 2.06. The molecular formula is C9H15N3. The van der Waals surface area contributed by atoms with Crippen LogP contribution in [-0.4, -0.2) is 9.97 Å². The molecule has 0 fully saturated rings. The van der Waals surface area contributed by atoms with Gasteiger partial charge in [0.05, 0.1) is 6.04 Å². The molecule has 0 saturated heterocycles. The maximum atomic E-state index is 5.85. The van der Waals surface area contributed by atoms with Crippen LogP contribution in [0, 0.1) is 0 Å². The topological polar surface area (TPSA) is 54.7 Å². The maximum absolute atomic E-state index is 5.85. The molecule has 3 N–H and O–H groups in total. The molecule has 1 rings (SSSR count). The van der Waals surface area contributed by atoms with E-state index in [0.29, 0.717) is 0 Å². The van der Waals surface area contributed by atoms with E-state index >= 15 is 0 Å². The molecule has 1 aromatic rings. The summed E-state index contributed by atoms with van der Waals surface area (Å²) >= 11 is 0. The molecule has 0 bridgehead atoms. The van der Waals surface area contributed by atoms with Crippen molar-refractivity contribution >= 4 is 0 Å². The van der Waals surface area contributed by atoms with E-state index in [9.17, 15) is 0 Å². The number of hydrogen-bond donors (Lipinski definition) is 2. The molecule has 3 nitrogen and oxygen atoms in total. The smallest absolute Gasteiger partial charge is 0.123 e. The van der Waals surface area contributed by atoms with Gasteiger partial charge >= 0.3 is 0 Å². The minimum Gasteiger partial charge on any atom is -0.347 e. The van der Waals surface area contributed by atoms with E-state index in [1.54, 1.807) is 12.4 Å². The van der Waals surface area contributed by atoms with E-state index in [2.05, 4.69) is 16.5 Å². The van der Waals surface area contributed by atoms with Gasteiger partial charge in [0.25, 0.3) is 0 Å². The number of nitrogens with zero attached hydrogens (tertiary/aromatic N) is 1. The highest BCUT2D eigenvalue weighted by molar-refractivity contribution is 4.97. The Morgan fingerprint density at radius 3 is 3.08 bits per heavy atom. The lowest BCUT2D eigenvalue weighted by atomic mass is 10.1. The summed E-state index contributed by atoms with van der Waals surface area (Å²) in [7, 11) is 0. The van der Waals surface area contributed by atoms with Crippen molar-refractivity contribution in [1.29, 1.82) is 0 Å². The third-order valence-electron chi connectivity index (χ3n) is 1.75. The van der Waals surface area contributed by atoms with Crippen molar-refractivity contribution in [1.82, 2.24) is 9.97 Å². The van der Waals surface area contributed by atoms with Crippen LogP contribution in [0.3, 0.4) is 0 Å². The molecule has 0 radical (unpaired) electrons. The van der Waals surface area contributed by atoms with Crippen LogP contribution >= 0.6 is 0 Å². The molecular weight excluding hydrogens is 150 g/mol. The molecule has 0 saturated carbocycles.